The molecule has 0 aromatic heterocycles. The standard InChI is InChI=1S/C29H34ClN3O6/c1-4-38-19-12-10-18(11-13-19)31-25(35)22-23-27(37)33(14-7-15-34)24(29(23)16-17(2)28(22,3)39-29)26(36)32-21-9-6-5-8-20(21)30/h5-6,8-13,17,22-24,34H,4,7,14-16H2,1-3H3,(H,31,35)(H,32,36)/t17?,22-,23+,24?,28+,29?/m1/s1. The molecule has 3 aliphatic heterocycles. The molecule has 3 saturated heterocycles. The Hall–Kier alpha value is -3.14. The summed E-state index contributed by atoms with van der Waals surface area (Å²) in [5.74, 6) is -2.13. The van der Waals surface area contributed by atoms with Gasteiger partial charge in [0, 0.05) is 18.8 Å². The summed E-state index contributed by atoms with van der Waals surface area (Å²) < 4.78 is 12.2. The fourth-order valence-corrected chi connectivity index (χ4v) is 6.89. The van der Waals surface area contributed by atoms with Crippen LogP contribution in [-0.2, 0) is 19.1 Å². The Morgan fingerprint density at radius 1 is 1.15 bits per heavy atom. The van der Waals surface area contributed by atoms with Crippen LogP contribution in [0.5, 0.6) is 5.75 Å². The monoisotopic (exact) mass is 555 g/mol. The SMILES string of the molecule is CCOc1ccc(NC(=O)[C@H]2[C@H]3C(=O)N(CCCO)C(C(=O)Nc4ccccc4Cl)C34CC(C)[C@]2(C)O4)cc1. The molecule has 10 heteroatoms. The second-order valence-corrected chi connectivity index (χ2v) is 11.1. The van der Waals surface area contributed by atoms with E-state index in [1.807, 2.05) is 20.8 Å². The number of aliphatic hydroxyl groups is 1. The second-order valence-electron chi connectivity index (χ2n) is 10.7. The minimum absolute atomic E-state index is 0.0916. The van der Waals surface area contributed by atoms with Crippen LogP contribution in [-0.4, -0.2) is 64.7 Å². The summed E-state index contributed by atoms with van der Waals surface area (Å²) in [6.07, 6.45) is 0.739. The first kappa shape index (κ1) is 27.4. The molecule has 39 heavy (non-hydrogen) atoms. The molecule has 3 heterocycles. The Labute approximate surface area is 232 Å². The second kappa shape index (κ2) is 10.4. The lowest BCUT2D eigenvalue weighted by Crippen LogP contribution is -2.54. The number of halogens is 1. The van der Waals surface area contributed by atoms with E-state index < -0.39 is 35.0 Å². The number of nitrogens with one attached hydrogen (secondary N) is 2. The van der Waals surface area contributed by atoms with Gasteiger partial charge in [-0.05, 0) is 69.0 Å². The average molecular weight is 556 g/mol. The van der Waals surface area contributed by atoms with E-state index in [1.165, 1.54) is 4.90 Å². The van der Waals surface area contributed by atoms with Crippen LogP contribution >= 0.6 is 11.6 Å². The van der Waals surface area contributed by atoms with Gasteiger partial charge in [0.05, 0.1) is 34.8 Å². The number of anilines is 2. The molecule has 2 aromatic rings. The predicted molar refractivity (Wildman–Crippen MR) is 147 cm³/mol. The van der Waals surface area contributed by atoms with Crippen molar-refractivity contribution in [2.45, 2.75) is 50.9 Å². The summed E-state index contributed by atoms with van der Waals surface area (Å²) in [7, 11) is 0. The van der Waals surface area contributed by atoms with Crippen LogP contribution < -0.4 is 15.4 Å². The molecule has 5 rings (SSSR count). The van der Waals surface area contributed by atoms with E-state index in [-0.39, 0.29) is 30.9 Å². The van der Waals surface area contributed by atoms with Crippen molar-refractivity contribution >= 4 is 40.7 Å². The van der Waals surface area contributed by atoms with E-state index in [2.05, 4.69) is 10.6 Å². The Kier molecular flexibility index (Phi) is 7.35. The maximum Gasteiger partial charge on any atom is 0.250 e. The zero-order valence-electron chi connectivity index (χ0n) is 22.3. The highest BCUT2D eigenvalue weighted by Crippen LogP contribution is 2.65. The van der Waals surface area contributed by atoms with Gasteiger partial charge in [-0.3, -0.25) is 14.4 Å². The molecule has 1 spiro atoms. The fraction of sp³-hybridized carbons (Fsp3) is 0.483. The molecule has 3 amide bonds. The topological polar surface area (TPSA) is 117 Å². The number of carbonyl (C=O) groups excluding carboxylic acids is 3. The summed E-state index contributed by atoms with van der Waals surface area (Å²) in [5.41, 5.74) is -1.13. The van der Waals surface area contributed by atoms with Crippen molar-refractivity contribution in [2.75, 3.05) is 30.4 Å². The third kappa shape index (κ3) is 4.46. The van der Waals surface area contributed by atoms with Crippen LogP contribution in [0.4, 0.5) is 11.4 Å². The number of hydrogen-bond donors (Lipinski definition) is 3. The van der Waals surface area contributed by atoms with Gasteiger partial charge in [0.1, 0.15) is 17.4 Å². The molecule has 9 nitrogen and oxygen atoms in total. The molecular weight excluding hydrogens is 522 g/mol. The Balaban J connectivity index is 1.48. The van der Waals surface area contributed by atoms with Crippen molar-refractivity contribution in [1.82, 2.24) is 4.90 Å². The molecule has 0 aliphatic carbocycles. The van der Waals surface area contributed by atoms with Gasteiger partial charge in [0.25, 0.3) is 0 Å². The van der Waals surface area contributed by atoms with Crippen molar-refractivity contribution in [2.24, 2.45) is 17.8 Å². The van der Waals surface area contributed by atoms with Crippen LogP contribution in [0.3, 0.4) is 0 Å². The highest BCUT2D eigenvalue weighted by atomic mass is 35.5. The Morgan fingerprint density at radius 3 is 2.54 bits per heavy atom. The van der Waals surface area contributed by atoms with E-state index in [9.17, 15) is 19.5 Å². The average Bonchev–Trinajstić information content (AvgIpc) is 3.42. The van der Waals surface area contributed by atoms with Crippen LogP contribution in [0.15, 0.2) is 48.5 Å². The smallest absolute Gasteiger partial charge is 0.250 e. The van der Waals surface area contributed by atoms with E-state index in [4.69, 9.17) is 21.1 Å². The highest BCUT2D eigenvalue weighted by Gasteiger charge is 2.79. The summed E-state index contributed by atoms with van der Waals surface area (Å²) in [6.45, 7) is 6.30. The van der Waals surface area contributed by atoms with Crippen LogP contribution in [0, 0.1) is 17.8 Å². The van der Waals surface area contributed by atoms with Crippen LogP contribution in [0.2, 0.25) is 5.02 Å². The Morgan fingerprint density at radius 2 is 1.87 bits per heavy atom. The van der Waals surface area contributed by atoms with Gasteiger partial charge >= 0.3 is 0 Å². The quantitative estimate of drug-likeness (QED) is 0.434. The molecule has 3 aliphatic rings. The zero-order chi connectivity index (χ0) is 27.9. The number of aliphatic hydroxyl groups excluding tert-OH is 1. The van der Waals surface area contributed by atoms with Gasteiger partial charge in [0.15, 0.2) is 0 Å². The van der Waals surface area contributed by atoms with Gasteiger partial charge in [-0.1, -0.05) is 30.7 Å². The van der Waals surface area contributed by atoms with Gasteiger partial charge in [0.2, 0.25) is 17.7 Å². The van der Waals surface area contributed by atoms with E-state index >= 15 is 0 Å². The lowest BCUT2D eigenvalue weighted by molar-refractivity contribution is -0.144. The third-order valence-electron chi connectivity index (χ3n) is 8.47. The zero-order valence-corrected chi connectivity index (χ0v) is 23.0. The molecule has 0 saturated carbocycles. The number of carbonyl (C=O) groups is 3. The van der Waals surface area contributed by atoms with Crippen LogP contribution in [0.1, 0.15) is 33.6 Å². The Bertz CT molecular complexity index is 1270. The first-order valence-corrected chi connectivity index (χ1v) is 13.7. The molecule has 3 unspecified atom stereocenters. The van der Waals surface area contributed by atoms with Gasteiger partial charge in [-0.2, -0.15) is 0 Å². The minimum Gasteiger partial charge on any atom is -0.494 e. The summed E-state index contributed by atoms with van der Waals surface area (Å²) in [6, 6.07) is 12.9. The lowest BCUT2D eigenvalue weighted by atomic mass is 9.62. The van der Waals surface area contributed by atoms with E-state index in [0.717, 1.165) is 0 Å². The summed E-state index contributed by atoms with van der Waals surface area (Å²) in [4.78, 5) is 43.2. The number of likely N-dealkylation sites (tertiary alicyclic amines) is 1. The number of rotatable bonds is 9. The summed E-state index contributed by atoms with van der Waals surface area (Å²) in [5, 5.41) is 15.7. The molecule has 3 fully saturated rings. The summed E-state index contributed by atoms with van der Waals surface area (Å²) >= 11 is 6.31. The number of para-hydroxylation sites is 1. The maximum absolute atomic E-state index is 14.0. The molecule has 2 aromatic carbocycles. The van der Waals surface area contributed by atoms with E-state index in [0.29, 0.717) is 41.6 Å². The molecule has 6 atom stereocenters. The fourth-order valence-electron chi connectivity index (χ4n) is 6.71. The largest absolute Gasteiger partial charge is 0.494 e. The number of amides is 3. The van der Waals surface area contributed by atoms with Crippen LogP contribution in [0.25, 0.3) is 0 Å². The first-order valence-electron chi connectivity index (χ1n) is 13.4. The number of hydrogen-bond acceptors (Lipinski definition) is 6. The highest BCUT2D eigenvalue weighted by molar-refractivity contribution is 6.33. The van der Waals surface area contributed by atoms with Crippen molar-refractivity contribution in [3.63, 3.8) is 0 Å². The molecule has 0 radical (unpaired) electrons. The van der Waals surface area contributed by atoms with Gasteiger partial charge in [-0.25, -0.2) is 0 Å². The van der Waals surface area contributed by atoms with E-state index in [1.54, 1.807) is 48.5 Å². The van der Waals surface area contributed by atoms with Crippen molar-refractivity contribution in [1.29, 1.82) is 0 Å². The maximum atomic E-state index is 14.0. The van der Waals surface area contributed by atoms with Crippen molar-refractivity contribution < 1.29 is 29.0 Å². The van der Waals surface area contributed by atoms with Crippen molar-refractivity contribution in [3.8, 4) is 5.75 Å². The predicted octanol–water partition coefficient (Wildman–Crippen LogP) is 3.71. The number of ether oxygens (including phenoxy) is 2. The first-order chi connectivity index (χ1) is 18.7. The minimum atomic E-state index is -1.19. The lowest BCUT2D eigenvalue weighted by Gasteiger charge is -2.36. The third-order valence-corrected chi connectivity index (χ3v) is 8.80. The number of benzene rings is 2. The van der Waals surface area contributed by atoms with Gasteiger partial charge in [-0.15, -0.1) is 0 Å². The molecule has 208 valence electrons. The molecule has 2 bridgehead atoms. The van der Waals surface area contributed by atoms with Crippen molar-refractivity contribution in [3.05, 3.63) is 53.6 Å². The number of nitrogens with zero attached hydrogens (tertiary/aromatic N) is 1. The van der Waals surface area contributed by atoms with Gasteiger partial charge < -0.3 is 30.1 Å². The number of fused-ring (bicyclic) bond motifs is 1. The normalized spacial score (nSPS) is 30.8. The molecular formula is C29H34ClN3O6. The molecule has 3 N–H and O–H groups in total.